The fourth-order valence-corrected chi connectivity index (χ4v) is 2.27. The van der Waals surface area contributed by atoms with E-state index in [4.69, 9.17) is 21.1 Å². The summed E-state index contributed by atoms with van der Waals surface area (Å²) in [5, 5.41) is 11.8. The van der Waals surface area contributed by atoms with Gasteiger partial charge in [-0.2, -0.15) is 0 Å². The SMILES string of the molecule is O=C(O)c1ccc(CNC(=O)c2cc(Cl)ccc2I)o1. The molecule has 5 nitrogen and oxygen atoms in total. The van der Waals surface area contributed by atoms with Gasteiger partial charge < -0.3 is 14.8 Å². The topological polar surface area (TPSA) is 79.5 Å². The molecule has 0 saturated heterocycles. The van der Waals surface area contributed by atoms with E-state index < -0.39 is 5.97 Å². The van der Waals surface area contributed by atoms with Gasteiger partial charge in [0.25, 0.3) is 5.91 Å². The molecule has 104 valence electrons. The van der Waals surface area contributed by atoms with Crippen LogP contribution in [0.5, 0.6) is 0 Å². The van der Waals surface area contributed by atoms with Gasteiger partial charge in [-0.3, -0.25) is 4.79 Å². The van der Waals surface area contributed by atoms with Crippen LogP contribution in [0.25, 0.3) is 0 Å². The number of rotatable bonds is 4. The quantitative estimate of drug-likeness (QED) is 0.766. The van der Waals surface area contributed by atoms with Crippen LogP contribution >= 0.6 is 34.2 Å². The first-order chi connectivity index (χ1) is 9.47. The minimum Gasteiger partial charge on any atom is -0.475 e. The Labute approximate surface area is 133 Å². The number of amides is 1. The standard InChI is InChI=1S/C13H9ClINO4/c14-7-1-3-10(15)9(5-7)12(17)16-6-8-2-4-11(20-8)13(18)19/h1-5H,6H2,(H,16,17)(H,18,19). The molecular formula is C13H9ClINO4. The lowest BCUT2D eigenvalue weighted by Crippen LogP contribution is -2.23. The Kier molecular flexibility index (Phi) is 4.66. The van der Waals surface area contributed by atoms with E-state index in [0.29, 0.717) is 16.3 Å². The fraction of sp³-hybridized carbons (Fsp3) is 0.0769. The van der Waals surface area contributed by atoms with Crippen molar-refractivity contribution in [2.75, 3.05) is 0 Å². The Hall–Kier alpha value is -1.54. The zero-order chi connectivity index (χ0) is 14.7. The summed E-state index contributed by atoms with van der Waals surface area (Å²) in [6.45, 7) is 0.106. The lowest BCUT2D eigenvalue weighted by molar-refractivity contribution is 0.0660. The third-order valence-corrected chi connectivity index (χ3v) is 3.64. The first kappa shape index (κ1) is 14.9. The number of carbonyl (C=O) groups excluding carboxylic acids is 1. The van der Waals surface area contributed by atoms with Crippen molar-refractivity contribution < 1.29 is 19.1 Å². The number of carbonyl (C=O) groups is 2. The number of halogens is 2. The molecule has 20 heavy (non-hydrogen) atoms. The Morgan fingerprint density at radius 1 is 1.30 bits per heavy atom. The molecule has 0 radical (unpaired) electrons. The van der Waals surface area contributed by atoms with E-state index in [-0.39, 0.29) is 18.2 Å². The highest BCUT2D eigenvalue weighted by atomic mass is 127. The Morgan fingerprint density at radius 2 is 2.05 bits per heavy atom. The maximum Gasteiger partial charge on any atom is 0.371 e. The van der Waals surface area contributed by atoms with Crippen LogP contribution in [-0.2, 0) is 6.54 Å². The van der Waals surface area contributed by atoms with Gasteiger partial charge in [0.15, 0.2) is 0 Å². The summed E-state index contributed by atoms with van der Waals surface area (Å²) in [5.74, 6) is -1.24. The molecule has 2 N–H and O–H groups in total. The molecule has 1 heterocycles. The van der Waals surface area contributed by atoms with Gasteiger partial charge in [-0.15, -0.1) is 0 Å². The van der Waals surface area contributed by atoms with E-state index in [2.05, 4.69) is 5.32 Å². The Balaban J connectivity index is 2.04. The lowest BCUT2D eigenvalue weighted by Gasteiger charge is -2.06. The van der Waals surface area contributed by atoms with Gasteiger partial charge in [-0.1, -0.05) is 11.6 Å². The summed E-state index contributed by atoms with van der Waals surface area (Å²) < 4.78 is 5.82. The average molecular weight is 406 g/mol. The highest BCUT2D eigenvalue weighted by Gasteiger charge is 2.13. The maximum absolute atomic E-state index is 12.0. The summed E-state index contributed by atoms with van der Waals surface area (Å²) in [6, 6.07) is 7.86. The van der Waals surface area contributed by atoms with E-state index in [9.17, 15) is 9.59 Å². The molecule has 1 amide bonds. The average Bonchev–Trinajstić information content (AvgIpc) is 2.88. The second-order valence-corrected chi connectivity index (χ2v) is 5.48. The highest BCUT2D eigenvalue weighted by molar-refractivity contribution is 14.1. The van der Waals surface area contributed by atoms with Crippen LogP contribution in [0.2, 0.25) is 5.02 Å². The van der Waals surface area contributed by atoms with Gasteiger partial charge in [0.05, 0.1) is 12.1 Å². The summed E-state index contributed by atoms with van der Waals surface area (Å²) in [5.41, 5.74) is 0.461. The van der Waals surface area contributed by atoms with E-state index in [0.717, 1.165) is 3.57 Å². The van der Waals surface area contributed by atoms with Crippen molar-refractivity contribution in [1.82, 2.24) is 5.32 Å². The van der Waals surface area contributed by atoms with E-state index >= 15 is 0 Å². The molecule has 2 rings (SSSR count). The van der Waals surface area contributed by atoms with Gasteiger partial charge in [0.2, 0.25) is 5.76 Å². The van der Waals surface area contributed by atoms with Gasteiger partial charge in [0, 0.05) is 8.59 Å². The van der Waals surface area contributed by atoms with Gasteiger partial charge >= 0.3 is 5.97 Å². The van der Waals surface area contributed by atoms with Crippen molar-refractivity contribution in [1.29, 1.82) is 0 Å². The number of benzene rings is 1. The lowest BCUT2D eigenvalue weighted by atomic mass is 10.2. The molecule has 0 saturated carbocycles. The van der Waals surface area contributed by atoms with E-state index in [1.165, 1.54) is 12.1 Å². The van der Waals surface area contributed by atoms with Gasteiger partial charge in [0.1, 0.15) is 5.76 Å². The molecule has 0 aliphatic heterocycles. The minimum atomic E-state index is -1.15. The smallest absolute Gasteiger partial charge is 0.371 e. The third-order valence-electron chi connectivity index (χ3n) is 2.47. The van der Waals surface area contributed by atoms with Crippen molar-refractivity contribution in [3.63, 3.8) is 0 Å². The van der Waals surface area contributed by atoms with Gasteiger partial charge in [-0.05, 0) is 52.9 Å². The molecule has 0 spiro atoms. The molecule has 0 fully saturated rings. The van der Waals surface area contributed by atoms with Crippen LogP contribution < -0.4 is 5.32 Å². The third kappa shape index (κ3) is 3.51. The second-order valence-electron chi connectivity index (χ2n) is 3.88. The number of hydrogen-bond donors (Lipinski definition) is 2. The number of aromatic carboxylic acids is 1. The maximum atomic E-state index is 12.0. The number of carboxylic acid groups (broad SMARTS) is 1. The molecule has 0 atom stereocenters. The van der Waals surface area contributed by atoms with Crippen molar-refractivity contribution in [2.45, 2.75) is 6.54 Å². The van der Waals surface area contributed by atoms with Crippen molar-refractivity contribution >= 4 is 46.1 Å². The highest BCUT2D eigenvalue weighted by Crippen LogP contribution is 2.18. The molecule has 2 aromatic rings. The molecular weight excluding hydrogens is 397 g/mol. The van der Waals surface area contributed by atoms with Crippen LogP contribution in [0.15, 0.2) is 34.7 Å². The zero-order valence-electron chi connectivity index (χ0n) is 10.0. The molecule has 0 aliphatic rings. The summed E-state index contributed by atoms with van der Waals surface area (Å²) in [7, 11) is 0. The first-order valence-electron chi connectivity index (χ1n) is 5.52. The van der Waals surface area contributed by atoms with Crippen LogP contribution in [0, 0.1) is 3.57 Å². The largest absolute Gasteiger partial charge is 0.475 e. The molecule has 1 aromatic heterocycles. The minimum absolute atomic E-state index is 0.106. The summed E-state index contributed by atoms with van der Waals surface area (Å²) in [4.78, 5) is 22.7. The summed E-state index contributed by atoms with van der Waals surface area (Å²) >= 11 is 7.89. The molecule has 0 unspecified atom stereocenters. The zero-order valence-corrected chi connectivity index (χ0v) is 12.9. The molecule has 0 aliphatic carbocycles. The number of carboxylic acids is 1. The van der Waals surface area contributed by atoms with Crippen molar-refractivity contribution in [3.8, 4) is 0 Å². The fourth-order valence-electron chi connectivity index (χ4n) is 1.52. The Morgan fingerprint density at radius 3 is 2.70 bits per heavy atom. The number of nitrogens with one attached hydrogen (secondary N) is 1. The predicted molar refractivity (Wildman–Crippen MR) is 81.0 cm³/mol. The van der Waals surface area contributed by atoms with Crippen LogP contribution in [0.1, 0.15) is 26.7 Å². The van der Waals surface area contributed by atoms with Crippen molar-refractivity contribution in [3.05, 3.63) is 56.0 Å². The van der Waals surface area contributed by atoms with Crippen molar-refractivity contribution in [2.24, 2.45) is 0 Å². The van der Waals surface area contributed by atoms with Gasteiger partial charge in [-0.25, -0.2) is 4.79 Å². The molecule has 7 heteroatoms. The Bertz CT molecular complexity index is 668. The van der Waals surface area contributed by atoms with E-state index in [1.807, 2.05) is 22.6 Å². The summed E-state index contributed by atoms with van der Waals surface area (Å²) in [6.07, 6.45) is 0. The predicted octanol–water partition coefficient (Wildman–Crippen LogP) is 3.17. The number of furan rings is 1. The second kappa shape index (κ2) is 6.27. The van der Waals surface area contributed by atoms with Crippen LogP contribution in [0.3, 0.4) is 0 Å². The molecule has 1 aromatic carbocycles. The first-order valence-corrected chi connectivity index (χ1v) is 6.98. The van der Waals surface area contributed by atoms with Crippen LogP contribution in [0.4, 0.5) is 0 Å². The monoisotopic (exact) mass is 405 g/mol. The molecule has 0 bridgehead atoms. The number of hydrogen-bond acceptors (Lipinski definition) is 3. The van der Waals surface area contributed by atoms with Crippen LogP contribution in [-0.4, -0.2) is 17.0 Å². The van der Waals surface area contributed by atoms with E-state index in [1.54, 1.807) is 18.2 Å². The normalized spacial score (nSPS) is 10.3.